The summed E-state index contributed by atoms with van der Waals surface area (Å²) in [4.78, 5) is 12.4. The molecule has 0 atom stereocenters. The van der Waals surface area contributed by atoms with Crippen LogP contribution in [0, 0.1) is 0 Å². The first-order valence-electron chi connectivity index (χ1n) is 6.90. The van der Waals surface area contributed by atoms with E-state index in [9.17, 15) is 20.1 Å². The molecular weight excluding hydrogens is 316 g/mol. The first kappa shape index (κ1) is 15.5. The van der Waals surface area contributed by atoms with Crippen molar-refractivity contribution >= 4 is 11.0 Å². The Hall–Kier alpha value is -3.35. The Morgan fingerprint density at radius 1 is 0.917 bits per heavy atom. The SMILES string of the molecule is COc1ccc(O)c(-c2oc3cc(OC)cc(O)c3c(=O)c2O)c1. The molecule has 2 aromatic carbocycles. The fourth-order valence-electron chi connectivity index (χ4n) is 2.39. The molecule has 1 heterocycles. The summed E-state index contributed by atoms with van der Waals surface area (Å²) in [5.41, 5.74) is -0.742. The van der Waals surface area contributed by atoms with Crippen molar-refractivity contribution in [1.82, 2.24) is 0 Å². The van der Waals surface area contributed by atoms with Crippen molar-refractivity contribution in [2.45, 2.75) is 0 Å². The van der Waals surface area contributed by atoms with Gasteiger partial charge in [0.15, 0.2) is 5.76 Å². The zero-order valence-electron chi connectivity index (χ0n) is 12.9. The Labute approximate surface area is 135 Å². The van der Waals surface area contributed by atoms with Crippen molar-refractivity contribution in [1.29, 1.82) is 0 Å². The Morgan fingerprint density at radius 3 is 2.29 bits per heavy atom. The molecule has 3 aromatic rings. The maximum atomic E-state index is 12.4. The minimum atomic E-state index is -0.825. The lowest BCUT2D eigenvalue weighted by atomic mass is 10.1. The van der Waals surface area contributed by atoms with Gasteiger partial charge in [-0.05, 0) is 18.2 Å². The van der Waals surface area contributed by atoms with Crippen LogP contribution in [0.4, 0.5) is 0 Å². The highest BCUT2D eigenvalue weighted by Crippen LogP contribution is 2.39. The Balaban J connectivity index is 2.38. The molecule has 0 fully saturated rings. The fraction of sp³-hybridized carbons (Fsp3) is 0.118. The second-order valence-corrected chi connectivity index (χ2v) is 5.01. The predicted octanol–water partition coefficient (Wildman–Crippen LogP) is 2.59. The molecule has 1 aromatic heterocycles. The fourth-order valence-corrected chi connectivity index (χ4v) is 2.39. The summed E-state index contributed by atoms with van der Waals surface area (Å²) < 4.78 is 15.7. The molecular formula is C17H14O7. The molecule has 0 spiro atoms. The van der Waals surface area contributed by atoms with E-state index in [-0.39, 0.29) is 39.5 Å². The van der Waals surface area contributed by atoms with Crippen molar-refractivity contribution in [2.24, 2.45) is 0 Å². The molecule has 0 aliphatic carbocycles. The molecule has 7 nitrogen and oxygen atoms in total. The number of benzene rings is 2. The van der Waals surface area contributed by atoms with Crippen molar-refractivity contribution in [3.63, 3.8) is 0 Å². The molecule has 0 aliphatic rings. The van der Waals surface area contributed by atoms with E-state index in [0.29, 0.717) is 5.75 Å². The van der Waals surface area contributed by atoms with Crippen LogP contribution in [0.25, 0.3) is 22.3 Å². The zero-order chi connectivity index (χ0) is 17.4. The summed E-state index contributed by atoms with van der Waals surface area (Å²) in [6.07, 6.45) is 0. The summed E-state index contributed by atoms with van der Waals surface area (Å²) in [7, 11) is 2.84. The molecule has 24 heavy (non-hydrogen) atoms. The summed E-state index contributed by atoms with van der Waals surface area (Å²) >= 11 is 0. The second kappa shape index (κ2) is 5.69. The normalized spacial score (nSPS) is 10.8. The van der Waals surface area contributed by atoms with Crippen LogP contribution in [0.5, 0.6) is 28.7 Å². The van der Waals surface area contributed by atoms with Gasteiger partial charge in [-0.3, -0.25) is 4.79 Å². The maximum absolute atomic E-state index is 12.4. The topological polar surface area (TPSA) is 109 Å². The number of rotatable bonds is 3. The van der Waals surface area contributed by atoms with Gasteiger partial charge in [-0.1, -0.05) is 0 Å². The molecule has 0 radical (unpaired) electrons. The third-order valence-corrected chi connectivity index (χ3v) is 3.61. The number of aromatic hydroxyl groups is 3. The van der Waals surface area contributed by atoms with E-state index in [1.165, 1.54) is 44.6 Å². The van der Waals surface area contributed by atoms with Crippen molar-refractivity contribution < 1.29 is 29.2 Å². The highest BCUT2D eigenvalue weighted by molar-refractivity contribution is 5.88. The lowest BCUT2D eigenvalue weighted by Crippen LogP contribution is -2.03. The quantitative estimate of drug-likeness (QED) is 0.677. The second-order valence-electron chi connectivity index (χ2n) is 5.01. The van der Waals surface area contributed by atoms with E-state index in [0.717, 1.165) is 0 Å². The molecule has 0 aliphatic heterocycles. The first-order chi connectivity index (χ1) is 11.5. The average molecular weight is 330 g/mol. The molecule has 0 saturated carbocycles. The van der Waals surface area contributed by atoms with Gasteiger partial charge < -0.3 is 29.2 Å². The van der Waals surface area contributed by atoms with E-state index in [2.05, 4.69) is 0 Å². The van der Waals surface area contributed by atoms with Gasteiger partial charge in [-0.2, -0.15) is 0 Å². The van der Waals surface area contributed by atoms with Gasteiger partial charge in [0.05, 0.1) is 19.8 Å². The van der Waals surface area contributed by atoms with Gasteiger partial charge in [0, 0.05) is 12.1 Å². The van der Waals surface area contributed by atoms with Crippen LogP contribution in [0.2, 0.25) is 0 Å². The molecule has 7 heteroatoms. The summed E-state index contributed by atoms with van der Waals surface area (Å²) in [5, 5.41) is 30.0. The van der Waals surface area contributed by atoms with Crippen molar-refractivity contribution in [3.05, 3.63) is 40.6 Å². The van der Waals surface area contributed by atoms with Gasteiger partial charge in [0.25, 0.3) is 0 Å². The summed E-state index contributed by atoms with van der Waals surface area (Å²) in [6.45, 7) is 0. The van der Waals surface area contributed by atoms with Gasteiger partial charge in [0.1, 0.15) is 34.0 Å². The molecule has 0 bridgehead atoms. The van der Waals surface area contributed by atoms with Gasteiger partial charge in [-0.15, -0.1) is 0 Å². The highest BCUT2D eigenvalue weighted by Gasteiger charge is 2.21. The van der Waals surface area contributed by atoms with E-state index in [4.69, 9.17) is 13.9 Å². The van der Waals surface area contributed by atoms with E-state index in [1.807, 2.05) is 0 Å². The van der Waals surface area contributed by atoms with E-state index < -0.39 is 11.2 Å². The van der Waals surface area contributed by atoms with Crippen LogP contribution >= 0.6 is 0 Å². The van der Waals surface area contributed by atoms with E-state index in [1.54, 1.807) is 0 Å². The lowest BCUT2D eigenvalue weighted by molar-refractivity contribution is 0.405. The van der Waals surface area contributed by atoms with Gasteiger partial charge in [0.2, 0.25) is 11.2 Å². The summed E-state index contributed by atoms with van der Waals surface area (Å²) in [5.74, 6) is -0.883. The Bertz CT molecular complexity index is 988. The van der Waals surface area contributed by atoms with Crippen LogP contribution < -0.4 is 14.9 Å². The maximum Gasteiger partial charge on any atom is 0.238 e. The molecule has 124 valence electrons. The minimum Gasteiger partial charge on any atom is -0.507 e. The Morgan fingerprint density at radius 2 is 1.62 bits per heavy atom. The van der Waals surface area contributed by atoms with Crippen LogP contribution in [-0.2, 0) is 0 Å². The highest BCUT2D eigenvalue weighted by atomic mass is 16.5. The number of hydrogen-bond acceptors (Lipinski definition) is 7. The van der Waals surface area contributed by atoms with Gasteiger partial charge in [-0.25, -0.2) is 0 Å². The standard InChI is InChI=1S/C17H14O7/c1-22-8-3-4-11(18)10(5-8)17-16(21)15(20)14-12(19)6-9(23-2)7-13(14)24-17/h3-7,18-19,21H,1-2H3. The smallest absolute Gasteiger partial charge is 0.238 e. The largest absolute Gasteiger partial charge is 0.507 e. The number of hydrogen-bond donors (Lipinski definition) is 3. The van der Waals surface area contributed by atoms with Crippen LogP contribution in [0.1, 0.15) is 0 Å². The third kappa shape index (κ3) is 2.36. The number of phenolic OH excluding ortho intramolecular Hbond substituents is 2. The van der Waals surface area contributed by atoms with Crippen molar-refractivity contribution in [3.8, 4) is 40.1 Å². The number of phenols is 2. The molecule has 3 rings (SSSR count). The lowest BCUT2D eigenvalue weighted by Gasteiger charge is -2.10. The first-order valence-corrected chi connectivity index (χ1v) is 6.90. The van der Waals surface area contributed by atoms with Crippen LogP contribution in [0.15, 0.2) is 39.5 Å². The number of methoxy groups -OCH3 is 2. The monoisotopic (exact) mass is 330 g/mol. The van der Waals surface area contributed by atoms with E-state index >= 15 is 0 Å². The molecule has 0 unspecified atom stereocenters. The van der Waals surface area contributed by atoms with Crippen LogP contribution in [0.3, 0.4) is 0 Å². The predicted molar refractivity (Wildman–Crippen MR) is 86.0 cm³/mol. The molecule has 3 N–H and O–H groups in total. The number of fused-ring (bicyclic) bond motifs is 1. The number of ether oxygens (including phenoxy) is 2. The molecule has 0 amide bonds. The third-order valence-electron chi connectivity index (χ3n) is 3.61. The average Bonchev–Trinajstić information content (AvgIpc) is 2.58. The summed E-state index contributed by atoms with van der Waals surface area (Å²) in [6, 6.07) is 6.92. The van der Waals surface area contributed by atoms with Gasteiger partial charge >= 0.3 is 0 Å². The minimum absolute atomic E-state index is 0.00636. The van der Waals surface area contributed by atoms with Crippen LogP contribution in [-0.4, -0.2) is 29.5 Å². The zero-order valence-corrected chi connectivity index (χ0v) is 12.9. The molecule has 0 saturated heterocycles. The Kier molecular flexibility index (Phi) is 3.69. The van der Waals surface area contributed by atoms with Crippen molar-refractivity contribution in [2.75, 3.05) is 14.2 Å².